The van der Waals surface area contributed by atoms with Gasteiger partial charge in [-0.2, -0.15) is 10.2 Å². The summed E-state index contributed by atoms with van der Waals surface area (Å²) in [5.74, 6) is 0. The standard InChI is InChI=1S/C9H8Br2N4O/c1-14-4-6(2-12-14)5-15-9(16)8(11)7(10)3-13-15/h2-4H,5H2,1H3. The third kappa shape index (κ3) is 2.25. The van der Waals surface area contributed by atoms with Gasteiger partial charge in [-0.05, 0) is 31.9 Å². The Hall–Kier alpha value is -0.950. The van der Waals surface area contributed by atoms with E-state index < -0.39 is 0 Å². The van der Waals surface area contributed by atoms with Crippen LogP contribution in [0.4, 0.5) is 0 Å². The van der Waals surface area contributed by atoms with Gasteiger partial charge in [0.2, 0.25) is 0 Å². The summed E-state index contributed by atoms with van der Waals surface area (Å²) in [6.07, 6.45) is 5.15. The van der Waals surface area contributed by atoms with Crippen molar-refractivity contribution in [2.75, 3.05) is 0 Å². The highest BCUT2D eigenvalue weighted by Crippen LogP contribution is 2.16. The predicted molar refractivity (Wildman–Crippen MR) is 66.2 cm³/mol. The number of halogens is 2. The summed E-state index contributed by atoms with van der Waals surface area (Å²) < 4.78 is 4.20. The average molecular weight is 348 g/mol. The zero-order chi connectivity index (χ0) is 11.7. The number of aromatic nitrogens is 4. The summed E-state index contributed by atoms with van der Waals surface area (Å²) in [6, 6.07) is 0. The van der Waals surface area contributed by atoms with Gasteiger partial charge in [0.25, 0.3) is 5.56 Å². The maximum absolute atomic E-state index is 11.8. The van der Waals surface area contributed by atoms with Gasteiger partial charge >= 0.3 is 0 Å². The number of hydrogen-bond acceptors (Lipinski definition) is 3. The van der Waals surface area contributed by atoms with Crippen molar-refractivity contribution >= 4 is 31.9 Å². The van der Waals surface area contributed by atoms with Crippen LogP contribution in [0, 0.1) is 0 Å². The van der Waals surface area contributed by atoms with Crippen LogP contribution in [-0.2, 0) is 13.6 Å². The first-order chi connectivity index (χ1) is 7.58. The highest BCUT2D eigenvalue weighted by molar-refractivity contribution is 9.13. The van der Waals surface area contributed by atoms with Crippen LogP contribution in [0.25, 0.3) is 0 Å². The molecule has 0 N–H and O–H groups in total. The molecule has 7 heteroatoms. The van der Waals surface area contributed by atoms with Gasteiger partial charge in [-0.25, -0.2) is 4.68 Å². The molecule has 2 aromatic rings. The van der Waals surface area contributed by atoms with Crippen LogP contribution in [0.5, 0.6) is 0 Å². The van der Waals surface area contributed by atoms with E-state index in [2.05, 4.69) is 42.1 Å². The van der Waals surface area contributed by atoms with Crippen molar-refractivity contribution in [2.45, 2.75) is 6.54 Å². The minimum absolute atomic E-state index is 0.168. The van der Waals surface area contributed by atoms with Crippen LogP contribution in [0.15, 0.2) is 32.3 Å². The largest absolute Gasteiger partial charge is 0.282 e. The highest BCUT2D eigenvalue weighted by atomic mass is 79.9. The van der Waals surface area contributed by atoms with E-state index >= 15 is 0 Å². The summed E-state index contributed by atoms with van der Waals surface area (Å²) in [4.78, 5) is 11.8. The molecule has 0 aliphatic carbocycles. The molecule has 2 rings (SSSR count). The summed E-state index contributed by atoms with van der Waals surface area (Å²) in [5.41, 5.74) is 0.768. The maximum Gasteiger partial charge on any atom is 0.282 e. The smallest absolute Gasteiger partial charge is 0.275 e. The van der Waals surface area contributed by atoms with E-state index in [0.717, 1.165) is 5.56 Å². The second kappa shape index (κ2) is 4.50. The van der Waals surface area contributed by atoms with Crippen LogP contribution in [0.1, 0.15) is 5.56 Å². The first-order valence-corrected chi connectivity index (χ1v) is 6.05. The minimum Gasteiger partial charge on any atom is -0.275 e. The molecule has 84 valence electrons. The van der Waals surface area contributed by atoms with Crippen LogP contribution in [0.3, 0.4) is 0 Å². The number of aryl methyl sites for hydroxylation is 1. The molecule has 0 spiro atoms. The van der Waals surface area contributed by atoms with E-state index in [4.69, 9.17) is 0 Å². The van der Waals surface area contributed by atoms with Gasteiger partial charge in [0.1, 0.15) is 4.47 Å². The monoisotopic (exact) mass is 346 g/mol. The lowest BCUT2D eigenvalue weighted by Gasteiger charge is -2.03. The SMILES string of the molecule is Cn1cc(Cn2ncc(Br)c(Br)c2=O)cn1. The Bertz CT molecular complexity index is 575. The van der Waals surface area contributed by atoms with Crippen molar-refractivity contribution in [3.05, 3.63) is 43.5 Å². The molecule has 2 aromatic heterocycles. The molecule has 0 bridgehead atoms. The first-order valence-electron chi connectivity index (χ1n) is 4.46. The fourth-order valence-corrected chi connectivity index (χ4v) is 1.85. The molecule has 2 heterocycles. The Labute approximate surface area is 108 Å². The molecule has 0 unspecified atom stereocenters. The molecule has 0 aliphatic rings. The Morgan fingerprint density at radius 3 is 2.69 bits per heavy atom. The lowest BCUT2D eigenvalue weighted by Crippen LogP contribution is -2.23. The second-order valence-corrected chi connectivity index (χ2v) is 4.94. The third-order valence-corrected chi connectivity index (χ3v) is 3.93. The summed E-state index contributed by atoms with van der Waals surface area (Å²) in [7, 11) is 1.83. The Morgan fingerprint density at radius 2 is 2.06 bits per heavy atom. The molecule has 16 heavy (non-hydrogen) atoms. The molecule has 5 nitrogen and oxygen atoms in total. The topological polar surface area (TPSA) is 52.7 Å². The molecule has 0 aliphatic heterocycles. The van der Waals surface area contributed by atoms with Crippen LogP contribution in [0.2, 0.25) is 0 Å². The zero-order valence-corrected chi connectivity index (χ0v) is 11.6. The van der Waals surface area contributed by atoms with Crippen molar-refractivity contribution in [3.8, 4) is 0 Å². The van der Waals surface area contributed by atoms with Crippen molar-refractivity contribution in [3.63, 3.8) is 0 Å². The molecule has 0 atom stereocenters. The summed E-state index contributed by atoms with van der Waals surface area (Å²) >= 11 is 6.44. The highest BCUT2D eigenvalue weighted by Gasteiger charge is 2.07. The van der Waals surface area contributed by atoms with Gasteiger partial charge in [-0.1, -0.05) is 0 Å². The van der Waals surface area contributed by atoms with E-state index in [0.29, 0.717) is 15.5 Å². The normalized spacial score (nSPS) is 10.7. The molecule has 0 saturated carbocycles. The first kappa shape index (κ1) is 11.5. The summed E-state index contributed by atoms with van der Waals surface area (Å²) in [5, 5.41) is 8.07. The quantitative estimate of drug-likeness (QED) is 0.828. The Balaban J connectivity index is 2.36. The fraction of sp³-hybridized carbons (Fsp3) is 0.222. The van der Waals surface area contributed by atoms with Crippen LogP contribution >= 0.6 is 31.9 Å². The molecule has 0 amide bonds. The van der Waals surface area contributed by atoms with Crippen LogP contribution < -0.4 is 5.56 Å². The van der Waals surface area contributed by atoms with Crippen molar-refractivity contribution in [1.82, 2.24) is 19.6 Å². The molecule has 0 radical (unpaired) electrons. The summed E-state index contributed by atoms with van der Waals surface area (Å²) in [6.45, 7) is 0.415. The Kier molecular flexibility index (Phi) is 3.25. The molecule has 0 fully saturated rings. The lowest BCUT2D eigenvalue weighted by atomic mass is 10.3. The van der Waals surface area contributed by atoms with E-state index in [1.165, 1.54) is 4.68 Å². The van der Waals surface area contributed by atoms with E-state index in [9.17, 15) is 4.79 Å². The van der Waals surface area contributed by atoms with E-state index in [1.807, 2.05) is 13.2 Å². The van der Waals surface area contributed by atoms with Gasteiger partial charge in [-0.15, -0.1) is 0 Å². The van der Waals surface area contributed by atoms with Crippen molar-refractivity contribution in [1.29, 1.82) is 0 Å². The van der Waals surface area contributed by atoms with Crippen LogP contribution in [-0.4, -0.2) is 19.6 Å². The molecular weight excluding hydrogens is 340 g/mol. The molecule has 0 aromatic carbocycles. The third-order valence-electron chi connectivity index (χ3n) is 2.03. The van der Waals surface area contributed by atoms with Gasteiger partial charge in [-0.3, -0.25) is 9.48 Å². The minimum atomic E-state index is -0.168. The molecule has 0 saturated heterocycles. The number of nitrogens with zero attached hydrogens (tertiary/aromatic N) is 4. The van der Waals surface area contributed by atoms with Gasteiger partial charge in [0.15, 0.2) is 0 Å². The van der Waals surface area contributed by atoms with E-state index in [-0.39, 0.29) is 5.56 Å². The number of hydrogen-bond donors (Lipinski definition) is 0. The van der Waals surface area contributed by atoms with Gasteiger partial charge in [0.05, 0.1) is 23.4 Å². The number of rotatable bonds is 2. The van der Waals surface area contributed by atoms with Gasteiger partial charge in [0, 0.05) is 18.8 Å². The maximum atomic E-state index is 11.8. The van der Waals surface area contributed by atoms with Crippen molar-refractivity contribution < 1.29 is 0 Å². The van der Waals surface area contributed by atoms with E-state index in [1.54, 1.807) is 17.1 Å². The second-order valence-electron chi connectivity index (χ2n) is 3.29. The Morgan fingerprint density at radius 1 is 1.31 bits per heavy atom. The fourth-order valence-electron chi connectivity index (χ4n) is 1.28. The molecular formula is C9H8Br2N4O. The van der Waals surface area contributed by atoms with Crippen molar-refractivity contribution in [2.24, 2.45) is 7.05 Å². The zero-order valence-electron chi connectivity index (χ0n) is 8.39. The average Bonchev–Trinajstić information content (AvgIpc) is 2.65. The predicted octanol–water partition coefficient (Wildman–Crippen LogP) is 1.55. The lowest BCUT2D eigenvalue weighted by molar-refractivity contribution is 0.632. The van der Waals surface area contributed by atoms with Gasteiger partial charge < -0.3 is 0 Å².